The van der Waals surface area contributed by atoms with Gasteiger partial charge in [0.25, 0.3) is 0 Å². The van der Waals surface area contributed by atoms with Gasteiger partial charge >= 0.3 is 0 Å². The number of terminal acetylenes is 1. The Morgan fingerprint density at radius 1 is 1.22 bits per heavy atom. The molecule has 36 heavy (non-hydrogen) atoms. The predicted octanol–water partition coefficient (Wildman–Crippen LogP) is 4.29. The summed E-state index contributed by atoms with van der Waals surface area (Å²) >= 11 is 6.50. The Bertz CT molecular complexity index is 1620. The number of hydrogen-bond acceptors (Lipinski definition) is 6. The van der Waals surface area contributed by atoms with Gasteiger partial charge in [-0.05, 0) is 42.5 Å². The number of aliphatic hydroxyl groups is 1. The van der Waals surface area contributed by atoms with E-state index in [0.29, 0.717) is 41.7 Å². The van der Waals surface area contributed by atoms with Crippen molar-refractivity contribution in [3.8, 4) is 29.4 Å². The lowest BCUT2D eigenvalue weighted by molar-refractivity contribution is 0.166. The fourth-order valence-electron chi connectivity index (χ4n) is 5.65. The number of phenolic OH excluding ortho intramolecular Hbond substituents is 1. The monoisotopic (exact) mass is 506 g/mol. The molecule has 2 saturated heterocycles. The summed E-state index contributed by atoms with van der Waals surface area (Å²) in [7, 11) is 0. The van der Waals surface area contributed by atoms with Crippen LogP contribution in [0.15, 0.2) is 30.5 Å². The number of aliphatic hydroxyl groups excluding tert-OH is 1. The first-order valence-corrected chi connectivity index (χ1v) is 11.9. The molecule has 3 unspecified atom stereocenters. The van der Waals surface area contributed by atoms with Gasteiger partial charge in [-0.15, -0.1) is 6.42 Å². The Kier molecular flexibility index (Phi) is 5.27. The average molecular weight is 507 g/mol. The van der Waals surface area contributed by atoms with Gasteiger partial charge in [-0.2, -0.15) is 0 Å². The maximum Gasteiger partial charge on any atom is 0.157 e. The normalized spacial score (nSPS) is 21.3. The summed E-state index contributed by atoms with van der Waals surface area (Å²) in [6, 6.07) is 5.20. The number of pyridine rings is 2. The minimum atomic E-state index is -0.683. The quantitative estimate of drug-likeness (QED) is 0.278. The van der Waals surface area contributed by atoms with E-state index in [0.717, 1.165) is 0 Å². The number of halogens is 3. The molecule has 182 valence electrons. The van der Waals surface area contributed by atoms with Crippen molar-refractivity contribution < 1.29 is 19.0 Å². The minimum absolute atomic E-state index is 0.0212. The second kappa shape index (κ2) is 8.27. The number of fused-ring (bicyclic) bond motifs is 4. The molecule has 0 aliphatic carbocycles. The molecule has 3 N–H and O–H groups in total. The smallest absolute Gasteiger partial charge is 0.157 e. The highest BCUT2D eigenvalue weighted by molar-refractivity contribution is 6.31. The lowest BCUT2D eigenvalue weighted by Crippen LogP contribution is -2.54. The molecule has 6 rings (SSSR count). The lowest BCUT2D eigenvalue weighted by atomic mass is 9.95. The molecule has 2 aliphatic rings. The van der Waals surface area contributed by atoms with Crippen molar-refractivity contribution in [2.45, 2.75) is 31.5 Å². The van der Waals surface area contributed by atoms with E-state index in [9.17, 15) is 14.6 Å². The van der Waals surface area contributed by atoms with Crippen molar-refractivity contribution in [2.75, 3.05) is 18.0 Å². The Morgan fingerprint density at radius 2 is 2.03 bits per heavy atom. The van der Waals surface area contributed by atoms with Crippen LogP contribution in [0.1, 0.15) is 17.5 Å². The number of nitrogens with zero attached hydrogens (tertiary/aromatic N) is 3. The molecule has 2 fully saturated rings. The standard InChI is InChI=1S/C27H21ClF2N4O2/c1-3-16-19(29)5-4-13-6-15(35)8-17(23(13)16)25-24(30)22-12(2)26(28)33-27(18(22)10-32-25)34-14-7-21(36)20(34)11-31-9-14/h1,4-6,8,10,14,20-21,31,35-36H,7,9,11H2,2H3. The van der Waals surface area contributed by atoms with Crippen LogP contribution >= 0.6 is 11.6 Å². The molecular formula is C27H21ClF2N4O2. The van der Waals surface area contributed by atoms with Gasteiger partial charge in [0, 0.05) is 47.1 Å². The van der Waals surface area contributed by atoms with Gasteiger partial charge in [-0.25, -0.2) is 13.8 Å². The highest BCUT2D eigenvalue weighted by atomic mass is 35.5. The molecule has 2 aliphatic heterocycles. The molecule has 0 radical (unpaired) electrons. The molecule has 3 atom stereocenters. The number of anilines is 1. The Morgan fingerprint density at radius 3 is 2.78 bits per heavy atom. The zero-order chi connectivity index (χ0) is 25.3. The number of aromatic hydroxyl groups is 1. The second-order valence-electron chi connectivity index (χ2n) is 9.31. The van der Waals surface area contributed by atoms with E-state index in [2.05, 4.69) is 21.2 Å². The molecule has 4 heterocycles. The molecule has 0 saturated carbocycles. The largest absolute Gasteiger partial charge is 0.508 e. The van der Waals surface area contributed by atoms with Crippen LogP contribution in [0.2, 0.25) is 5.15 Å². The highest BCUT2D eigenvalue weighted by Crippen LogP contribution is 2.42. The van der Waals surface area contributed by atoms with Gasteiger partial charge in [-0.3, -0.25) is 4.98 Å². The van der Waals surface area contributed by atoms with Crippen LogP contribution in [0, 0.1) is 30.9 Å². The first-order chi connectivity index (χ1) is 17.3. The first kappa shape index (κ1) is 22.9. The molecule has 2 bridgehead atoms. The van der Waals surface area contributed by atoms with Gasteiger partial charge in [0.15, 0.2) is 5.82 Å². The van der Waals surface area contributed by atoms with Gasteiger partial charge in [0.05, 0.1) is 17.7 Å². The first-order valence-electron chi connectivity index (χ1n) is 11.5. The minimum Gasteiger partial charge on any atom is -0.508 e. The molecule has 0 spiro atoms. The summed E-state index contributed by atoms with van der Waals surface area (Å²) in [5, 5.41) is 25.8. The van der Waals surface area contributed by atoms with E-state index in [-0.39, 0.29) is 50.6 Å². The van der Waals surface area contributed by atoms with Crippen LogP contribution in [0.3, 0.4) is 0 Å². The summed E-state index contributed by atoms with van der Waals surface area (Å²) in [4.78, 5) is 11.0. The Labute approximate surface area is 210 Å². The number of phenols is 1. The summed E-state index contributed by atoms with van der Waals surface area (Å²) in [6.45, 7) is 2.89. The number of aromatic nitrogens is 2. The third kappa shape index (κ3) is 3.24. The van der Waals surface area contributed by atoms with Gasteiger partial charge in [0.1, 0.15) is 28.2 Å². The zero-order valence-corrected chi connectivity index (χ0v) is 19.9. The summed E-state index contributed by atoms with van der Waals surface area (Å²) in [6.07, 6.45) is 7.13. The van der Waals surface area contributed by atoms with E-state index in [1.807, 2.05) is 4.90 Å². The lowest BCUT2D eigenvalue weighted by Gasteiger charge is -2.37. The number of nitrogens with one attached hydrogen (secondary N) is 1. The van der Waals surface area contributed by atoms with Crippen molar-refractivity contribution in [3.05, 3.63) is 58.4 Å². The number of aryl methyl sites for hydroxylation is 1. The second-order valence-corrected chi connectivity index (χ2v) is 9.67. The average Bonchev–Trinajstić information content (AvgIpc) is 3.03. The number of rotatable bonds is 2. The van der Waals surface area contributed by atoms with Crippen LogP contribution in [0.25, 0.3) is 32.8 Å². The summed E-state index contributed by atoms with van der Waals surface area (Å²) in [5.74, 6) is 1.36. The number of hydrogen-bond donors (Lipinski definition) is 3. The maximum absolute atomic E-state index is 16.4. The van der Waals surface area contributed by atoms with Crippen LogP contribution in [0.4, 0.5) is 14.6 Å². The third-order valence-corrected chi connectivity index (χ3v) is 7.65. The van der Waals surface area contributed by atoms with E-state index in [1.165, 1.54) is 30.5 Å². The van der Waals surface area contributed by atoms with Crippen LogP contribution in [-0.4, -0.2) is 51.5 Å². The van der Waals surface area contributed by atoms with Crippen molar-refractivity contribution in [2.24, 2.45) is 0 Å². The molecule has 9 heteroatoms. The van der Waals surface area contributed by atoms with Crippen molar-refractivity contribution >= 4 is 39.0 Å². The fraction of sp³-hybridized carbons (Fsp3) is 0.259. The Hall–Kier alpha value is -3.51. The Balaban J connectivity index is 1.64. The van der Waals surface area contributed by atoms with Crippen molar-refractivity contribution in [1.82, 2.24) is 15.3 Å². The predicted molar refractivity (Wildman–Crippen MR) is 135 cm³/mol. The summed E-state index contributed by atoms with van der Waals surface area (Å²) < 4.78 is 30.9. The summed E-state index contributed by atoms with van der Waals surface area (Å²) in [5.41, 5.74) is 0.460. The van der Waals surface area contributed by atoms with Crippen molar-refractivity contribution in [1.29, 1.82) is 0 Å². The maximum atomic E-state index is 16.4. The van der Waals surface area contributed by atoms with E-state index in [1.54, 1.807) is 6.92 Å². The van der Waals surface area contributed by atoms with Crippen LogP contribution < -0.4 is 10.2 Å². The van der Waals surface area contributed by atoms with Gasteiger partial charge in [0.2, 0.25) is 0 Å². The highest BCUT2D eigenvalue weighted by Gasteiger charge is 2.44. The van der Waals surface area contributed by atoms with Gasteiger partial charge in [-0.1, -0.05) is 23.6 Å². The molecular weight excluding hydrogens is 486 g/mol. The van der Waals surface area contributed by atoms with Gasteiger partial charge < -0.3 is 20.4 Å². The van der Waals surface area contributed by atoms with E-state index in [4.69, 9.17) is 18.0 Å². The topological polar surface area (TPSA) is 81.5 Å². The molecule has 2 aromatic carbocycles. The van der Waals surface area contributed by atoms with Crippen LogP contribution in [-0.2, 0) is 0 Å². The molecule has 4 aromatic rings. The number of benzene rings is 2. The SMILES string of the molecule is C#Cc1c(F)ccc2cc(O)cc(-c3ncc4c(N5C6CNCC5C(O)C6)nc(Cl)c(C)c4c3F)c12. The zero-order valence-electron chi connectivity index (χ0n) is 19.2. The number of piperazine rings is 1. The van der Waals surface area contributed by atoms with E-state index >= 15 is 4.39 Å². The molecule has 6 nitrogen and oxygen atoms in total. The van der Waals surface area contributed by atoms with Crippen molar-refractivity contribution in [3.63, 3.8) is 0 Å². The van der Waals surface area contributed by atoms with Crippen LogP contribution in [0.5, 0.6) is 5.75 Å². The molecule has 0 amide bonds. The third-order valence-electron chi connectivity index (χ3n) is 7.29. The van der Waals surface area contributed by atoms with E-state index < -0.39 is 17.7 Å². The fourth-order valence-corrected chi connectivity index (χ4v) is 5.82. The molecule has 2 aromatic heterocycles.